The van der Waals surface area contributed by atoms with Crippen molar-refractivity contribution in [3.05, 3.63) is 53.9 Å². The number of piperidine rings is 1. The van der Waals surface area contributed by atoms with Crippen LogP contribution in [-0.4, -0.2) is 40.2 Å². The number of para-hydroxylation sites is 3. The molecule has 4 rings (SSSR count). The summed E-state index contributed by atoms with van der Waals surface area (Å²) in [5, 5.41) is 10.3. The minimum absolute atomic E-state index is 0.246. The lowest BCUT2D eigenvalue weighted by molar-refractivity contribution is 0.195. The van der Waals surface area contributed by atoms with Gasteiger partial charge in [-0.15, -0.1) is 0 Å². The smallest absolute Gasteiger partial charge is 0.162 e. The molecule has 1 aliphatic rings. The van der Waals surface area contributed by atoms with E-state index in [1.807, 2.05) is 30.3 Å². The summed E-state index contributed by atoms with van der Waals surface area (Å²) < 4.78 is 5.22. The van der Waals surface area contributed by atoms with E-state index >= 15 is 0 Å². The molecule has 0 radical (unpaired) electrons. The molecule has 0 amide bonds. The van der Waals surface area contributed by atoms with Crippen molar-refractivity contribution in [2.45, 2.75) is 25.3 Å². The van der Waals surface area contributed by atoms with Gasteiger partial charge in [-0.1, -0.05) is 24.3 Å². The van der Waals surface area contributed by atoms with Crippen LogP contribution in [0.15, 0.2) is 42.5 Å². The Labute approximate surface area is 147 Å². The zero-order chi connectivity index (χ0) is 17.2. The summed E-state index contributed by atoms with van der Waals surface area (Å²) in [6, 6.07) is 13.8. The topological polar surface area (TPSA) is 61.4 Å². The lowest BCUT2D eigenvalue weighted by Crippen LogP contribution is -2.34. The molecule has 5 heteroatoms. The summed E-state index contributed by atoms with van der Waals surface area (Å²) in [6.45, 7) is 2.70. The van der Waals surface area contributed by atoms with Crippen molar-refractivity contribution < 1.29 is 9.84 Å². The van der Waals surface area contributed by atoms with Crippen molar-refractivity contribution in [1.82, 2.24) is 14.9 Å². The highest BCUT2D eigenvalue weighted by atomic mass is 16.5. The van der Waals surface area contributed by atoms with E-state index in [0.29, 0.717) is 11.7 Å². The predicted octanol–water partition coefficient (Wildman–Crippen LogP) is 3.66. The van der Waals surface area contributed by atoms with Crippen LogP contribution in [0.25, 0.3) is 11.0 Å². The Balaban J connectivity index is 1.51. The third kappa shape index (κ3) is 3.20. The maximum atomic E-state index is 10.3. The molecule has 0 unspecified atom stereocenters. The van der Waals surface area contributed by atoms with Crippen LogP contribution in [-0.2, 0) is 6.54 Å². The number of methoxy groups -OCH3 is 1. The summed E-state index contributed by atoms with van der Waals surface area (Å²) in [5.74, 6) is 2.24. The van der Waals surface area contributed by atoms with Crippen molar-refractivity contribution >= 4 is 11.0 Å². The fourth-order valence-electron chi connectivity index (χ4n) is 3.69. The number of benzene rings is 2. The molecule has 1 atom stereocenters. The van der Waals surface area contributed by atoms with Gasteiger partial charge in [0.05, 0.1) is 18.1 Å². The third-order valence-electron chi connectivity index (χ3n) is 5.00. The maximum Gasteiger partial charge on any atom is 0.162 e. The molecule has 1 saturated heterocycles. The van der Waals surface area contributed by atoms with Gasteiger partial charge in [-0.05, 0) is 37.6 Å². The molecule has 1 fully saturated rings. The lowest BCUT2D eigenvalue weighted by atomic mass is 9.97. The van der Waals surface area contributed by atoms with Gasteiger partial charge in [0, 0.05) is 24.6 Å². The third-order valence-corrected chi connectivity index (χ3v) is 5.00. The molecular formula is C20H23N3O2. The number of phenols is 1. The molecule has 25 heavy (non-hydrogen) atoms. The molecule has 5 nitrogen and oxygen atoms in total. The number of aromatic amines is 1. The molecule has 1 aliphatic heterocycles. The summed E-state index contributed by atoms with van der Waals surface area (Å²) in [4.78, 5) is 10.6. The average molecular weight is 337 g/mol. The second-order valence-corrected chi connectivity index (χ2v) is 6.68. The molecule has 130 valence electrons. The van der Waals surface area contributed by atoms with Crippen LogP contribution in [0.1, 0.15) is 30.1 Å². The van der Waals surface area contributed by atoms with E-state index in [2.05, 4.69) is 16.0 Å². The second-order valence-electron chi connectivity index (χ2n) is 6.68. The lowest BCUT2D eigenvalue weighted by Gasteiger charge is -2.32. The Morgan fingerprint density at radius 2 is 2.12 bits per heavy atom. The van der Waals surface area contributed by atoms with Crippen molar-refractivity contribution in [3.8, 4) is 11.5 Å². The molecule has 3 aromatic rings. The minimum Gasteiger partial charge on any atom is -0.504 e. The SMILES string of the molecule is COc1cccc(CN2CCC[C@H](c3nc4ccccc4[nH]3)C2)c1O. The number of fused-ring (bicyclic) bond motifs is 1. The van der Waals surface area contributed by atoms with E-state index in [1.54, 1.807) is 13.2 Å². The molecular weight excluding hydrogens is 314 g/mol. The van der Waals surface area contributed by atoms with Gasteiger partial charge in [-0.3, -0.25) is 4.90 Å². The van der Waals surface area contributed by atoms with Crippen LogP contribution < -0.4 is 4.74 Å². The Hall–Kier alpha value is -2.53. The first-order valence-corrected chi connectivity index (χ1v) is 8.76. The van der Waals surface area contributed by atoms with Crippen molar-refractivity contribution in [2.24, 2.45) is 0 Å². The minimum atomic E-state index is 0.246. The van der Waals surface area contributed by atoms with Crippen LogP contribution in [0, 0.1) is 0 Å². The number of likely N-dealkylation sites (tertiary alicyclic amines) is 1. The fourth-order valence-corrected chi connectivity index (χ4v) is 3.69. The first kappa shape index (κ1) is 16.0. The number of ether oxygens (including phenoxy) is 1. The quantitative estimate of drug-likeness (QED) is 0.763. The fraction of sp³-hybridized carbons (Fsp3) is 0.350. The molecule has 0 spiro atoms. The highest BCUT2D eigenvalue weighted by Gasteiger charge is 2.24. The number of imidazole rings is 1. The van der Waals surface area contributed by atoms with Crippen LogP contribution >= 0.6 is 0 Å². The Morgan fingerprint density at radius 1 is 1.24 bits per heavy atom. The van der Waals surface area contributed by atoms with Crippen LogP contribution in [0.4, 0.5) is 0 Å². The van der Waals surface area contributed by atoms with E-state index in [1.165, 1.54) is 0 Å². The van der Waals surface area contributed by atoms with Gasteiger partial charge in [0.15, 0.2) is 11.5 Å². The highest BCUT2D eigenvalue weighted by Crippen LogP contribution is 2.32. The predicted molar refractivity (Wildman–Crippen MR) is 98.0 cm³/mol. The summed E-state index contributed by atoms with van der Waals surface area (Å²) in [7, 11) is 1.58. The summed E-state index contributed by atoms with van der Waals surface area (Å²) >= 11 is 0. The van der Waals surface area contributed by atoms with Crippen molar-refractivity contribution in [1.29, 1.82) is 0 Å². The Kier molecular flexibility index (Phi) is 4.32. The number of H-pyrrole nitrogens is 1. The van der Waals surface area contributed by atoms with E-state index in [0.717, 1.165) is 54.9 Å². The standard InChI is InChI=1S/C20H23N3O2/c1-25-18-10-4-6-14(19(18)24)12-23-11-5-7-15(13-23)20-21-16-8-2-3-9-17(16)22-20/h2-4,6,8-10,15,24H,5,7,11-13H2,1H3,(H,21,22)/t15-/m0/s1. The monoisotopic (exact) mass is 337 g/mol. The van der Waals surface area contributed by atoms with E-state index in [-0.39, 0.29) is 5.75 Å². The van der Waals surface area contributed by atoms with Gasteiger partial charge in [-0.2, -0.15) is 0 Å². The average Bonchev–Trinajstić information content (AvgIpc) is 3.08. The zero-order valence-corrected chi connectivity index (χ0v) is 14.4. The van der Waals surface area contributed by atoms with E-state index in [9.17, 15) is 5.11 Å². The summed E-state index contributed by atoms with van der Waals surface area (Å²) in [5.41, 5.74) is 3.03. The van der Waals surface area contributed by atoms with Gasteiger partial charge in [0.1, 0.15) is 5.82 Å². The largest absolute Gasteiger partial charge is 0.504 e. The Morgan fingerprint density at radius 3 is 2.96 bits per heavy atom. The highest BCUT2D eigenvalue weighted by molar-refractivity contribution is 5.74. The number of aromatic hydroxyl groups is 1. The zero-order valence-electron chi connectivity index (χ0n) is 14.4. The van der Waals surface area contributed by atoms with Gasteiger partial charge in [-0.25, -0.2) is 4.98 Å². The molecule has 2 heterocycles. The van der Waals surface area contributed by atoms with Crippen molar-refractivity contribution in [3.63, 3.8) is 0 Å². The molecule has 2 N–H and O–H groups in total. The molecule has 0 aliphatic carbocycles. The summed E-state index contributed by atoms with van der Waals surface area (Å²) in [6.07, 6.45) is 2.27. The molecule has 1 aromatic heterocycles. The van der Waals surface area contributed by atoms with Gasteiger partial charge in [0.25, 0.3) is 0 Å². The van der Waals surface area contributed by atoms with E-state index < -0.39 is 0 Å². The maximum absolute atomic E-state index is 10.3. The first-order chi connectivity index (χ1) is 12.2. The van der Waals surface area contributed by atoms with Crippen LogP contribution in [0.5, 0.6) is 11.5 Å². The number of rotatable bonds is 4. The van der Waals surface area contributed by atoms with Gasteiger partial charge < -0.3 is 14.8 Å². The normalized spacial score (nSPS) is 18.5. The van der Waals surface area contributed by atoms with Crippen LogP contribution in [0.2, 0.25) is 0 Å². The molecule has 0 bridgehead atoms. The number of nitrogens with one attached hydrogen (secondary N) is 1. The van der Waals surface area contributed by atoms with Crippen LogP contribution in [0.3, 0.4) is 0 Å². The number of nitrogens with zero attached hydrogens (tertiary/aromatic N) is 2. The number of hydrogen-bond donors (Lipinski definition) is 2. The second kappa shape index (κ2) is 6.76. The first-order valence-electron chi connectivity index (χ1n) is 8.76. The van der Waals surface area contributed by atoms with E-state index in [4.69, 9.17) is 9.72 Å². The van der Waals surface area contributed by atoms with Gasteiger partial charge >= 0.3 is 0 Å². The Bertz CT molecular complexity index is 841. The van der Waals surface area contributed by atoms with Crippen molar-refractivity contribution in [2.75, 3.05) is 20.2 Å². The number of aromatic nitrogens is 2. The number of phenolic OH excluding ortho intramolecular Hbond substituents is 1. The number of hydrogen-bond acceptors (Lipinski definition) is 4. The van der Waals surface area contributed by atoms with Gasteiger partial charge in [0.2, 0.25) is 0 Å². The molecule has 0 saturated carbocycles. The molecule has 2 aromatic carbocycles.